The average Bonchev–Trinajstić information content (AvgIpc) is 2.65. The van der Waals surface area contributed by atoms with Crippen molar-refractivity contribution in [2.45, 2.75) is 31.9 Å². The highest BCUT2D eigenvalue weighted by atomic mass is 35.5. The first-order valence-electron chi connectivity index (χ1n) is 8.62. The van der Waals surface area contributed by atoms with Crippen LogP contribution in [0.4, 0.5) is 0 Å². The molecule has 1 aliphatic heterocycles. The van der Waals surface area contributed by atoms with Gasteiger partial charge in [0, 0.05) is 20.2 Å². The van der Waals surface area contributed by atoms with Crippen LogP contribution in [-0.4, -0.2) is 50.8 Å². The number of carbonyl (C=O) groups excluding carboxylic acids is 2. The van der Waals surface area contributed by atoms with Crippen LogP contribution in [0.1, 0.15) is 25.3 Å². The lowest BCUT2D eigenvalue weighted by atomic mass is 9.91. The first kappa shape index (κ1) is 22.2. The molecule has 0 aliphatic carbocycles. The summed E-state index contributed by atoms with van der Waals surface area (Å²) in [5.41, 5.74) is 0.152. The Bertz CT molecular complexity index is 592. The van der Waals surface area contributed by atoms with Gasteiger partial charge in [0.25, 0.3) is 11.8 Å². The largest absolute Gasteiger partial charge is 0.484 e. The average molecular weight is 386 g/mol. The molecule has 1 aliphatic rings. The van der Waals surface area contributed by atoms with Gasteiger partial charge >= 0.3 is 0 Å². The highest BCUT2D eigenvalue weighted by Gasteiger charge is 2.39. The zero-order valence-corrected chi connectivity index (χ0v) is 16.1. The van der Waals surface area contributed by atoms with E-state index in [1.54, 1.807) is 13.2 Å². The number of nitrogens with one attached hydrogen (secondary N) is 3. The van der Waals surface area contributed by atoms with Gasteiger partial charge in [-0.25, -0.2) is 0 Å². The molecular weight excluding hydrogens is 358 g/mol. The predicted octanol–water partition coefficient (Wildman–Crippen LogP) is 1.01. The van der Waals surface area contributed by atoms with Crippen molar-refractivity contribution in [3.63, 3.8) is 0 Å². The van der Waals surface area contributed by atoms with E-state index < -0.39 is 5.60 Å². The third-order valence-electron chi connectivity index (χ3n) is 4.31. The van der Waals surface area contributed by atoms with Gasteiger partial charge in [-0.1, -0.05) is 12.1 Å². The molecule has 0 unspecified atom stereocenters. The van der Waals surface area contributed by atoms with Crippen molar-refractivity contribution in [3.05, 3.63) is 29.8 Å². The molecule has 1 saturated heterocycles. The summed E-state index contributed by atoms with van der Waals surface area (Å²) < 4.78 is 11.0. The number of ether oxygens (including phenoxy) is 2. The molecular formula is C18H28ClN3O4. The lowest BCUT2D eigenvalue weighted by Gasteiger charge is -2.34. The Labute approximate surface area is 160 Å². The van der Waals surface area contributed by atoms with E-state index in [9.17, 15) is 9.59 Å². The van der Waals surface area contributed by atoms with Crippen LogP contribution in [0, 0.1) is 0 Å². The molecule has 2 rings (SSSR count). The molecule has 7 nitrogen and oxygen atoms in total. The molecule has 8 heteroatoms. The van der Waals surface area contributed by atoms with E-state index in [0.717, 1.165) is 18.7 Å². The molecule has 146 valence electrons. The molecule has 1 aromatic carbocycles. The minimum atomic E-state index is -0.752. The zero-order chi connectivity index (χ0) is 18.1. The number of benzene rings is 1. The second-order valence-electron chi connectivity index (χ2n) is 6.02. The minimum absolute atomic E-state index is 0. The van der Waals surface area contributed by atoms with E-state index >= 15 is 0 Å². The number of rotatable bonds is 8. The van der Waals surface area contributed by atoms with Crippen LogP contribution in [0.2, 0.25) is 0 Å². The van der Waals surface area contributed by atoms with Gasteiger partial charge in [-0.2, -0.15) is 0 Å². The molecule has 0 spiro atoms. The highest BCUT2D eigenvalue weighted by Crippen LogP contribution is 2.23. The van der Waals surface area contributed by atoms with Gasteiger partial charge in [0.05, 0.1) is 0 Å². The van der Waals surface area contributed by atoms with Crippen molar-refractivity contribution in [3.8, 4) is 5.75 Å². The van der Waals surface area contributed by atoms with Crippen molar-refractivity contribution in [2.75, 3.05) is 33.4 Å². The SMILES string of the molecule is CCNC(=O)COc1cccc(CNC(=O)C2(OC)CCNCC2)c1.Cl. The van der Waals surface area contributed by atoms with E-state index in [1.807, 2.05) is 25.1 Å². The van der Waals surface area contributed by atoms with E-state index in [1.165, 1.54) is 0 Å². The molecule has 1 heterocycles. The number of amides is 2. The van der Waals surface area contributed by atoms with Crippen LogP contribution in [-0.2, 0) is 20.9 Å². The molecule has 0 atom stereocenters. The normalized spacial score (nSPS) is 15.5. The first-order valence-corrected chi connectivity index (χ1v) is 8.62. The van der Waals surface area contributed by atoms with Crippen LogP contribution in [0.5, 0.6) is 5.75 Å². The summed E-state index contributed by atoms with van der Waals surface area (Å²) in [4.78, 5) is 24.0. The maximum atomic E-state index is 12.5. The van der Waals surface area contributed by atoms with Crippen LogP contribution in [0.3, 0.4) is 0 Å². The molecule has 0 saturated carbocycles. The van der Waals surface area contributed by atoms with Crippen LogP contribution >= 0.6 is 12.4 Å². The molecule has 2 amide bonds. The van der Waals surface area contributed by atoms with E-state index in [0.29, 0.717) is 31.7 Å². The Balaban J connectivity index is 0.00000338. The Morgan fingerprint density at radius 3 is 2.62 bits per heavy atom. The van der Waals surface area contributed by atoms with Gasteiger partial charge in [0.2, 0.25) is 0 Å². The number of likely N-dealkylation sites (N-methyl/N-ethyl adjacent to an activating group) is 1. The van der Waals surface area contributed by atoms with Crippen molar-refractivity contribution in [2.24, 2.45) is 0 Å². The second kappa shape index (κ2) is 11.0. The second-order valence-corrected chi connectivity index (χ2v) is 6.02. The number of carbonyl (C=O) groups is 2. The van der Waals surface area contributed by atoms with Gasteiger partial charge in [-0.05, 0) is 50.6 Å². The standard InChI is InChI=1S/C18H27N3O4.ClH/c1-3-20-16(22)13-25-15-6-4-5-14(11-15)12-21-17(23)18(24-2)7-9-19-10-8-18;/h4-6,11,19H,3,7-10,12-13H2,1-2H3,(H,20,22)(H,21,23);1H. The molecule has 0 bridgehead atoms. The van der Waals surface area contributed by atoms with Gasteiger partial charge < -0.3 is 25.4 Å². The zero-order valence-electron chi connectivity index (χ0n) is 15.3. The molecule has 1 aromatic rings. The summed E-state index contributed by atoms with van der Waals surface area (Å²) in [5, 5.41) is 8.86. The summed E-state index contributed by atoms with van der Waals surface area (Å²) in [6.45, 7) is 4.33. The number of hydrogen-bond donors (Lipinski definition) is 3. The minimum Gasteiger partial charge on any atom is -0.484 e. The maximum absolute atomic E-state index is 12.5. The fourth-order valence-electron chi connectivity index (χ4n) is 2.84. The molecule has 1 fully saturated rings. The van der Waals surface area contributed by atoms with Crippen molar-refractivity contribution < 1.29 is 19.1 Å². The molecule has 0 aromatic heterocycles. The number of halogens is 1. The maximum Gasteiger partial charge on any atom is 0.257 e. The van der Waals surface area contributed by atoms with Crippen molar-refractivity contribution in [1.29, 1.82) is 0 Å². The van der Waals surface area contributed by atoms with Gasteiger partial charge in [-0.15, -0.1) is 12.4 Å². The summed E-state index contributed by atoms with van der Waals surface area (Å²) in [7, 11) is 1.58. The number of hydrogen-bond acceptors (Lipinski definition) is 5. The smallest absolute Gasteiger partial charge is 0.257 e. The summed E-state index contributed by atoms with van der Waals surface area (Å²) >= 11 is 0. The van der Waals surface area contributed by atoms with Gasteiger partial charge in [0.1, 0.15) is 11.4 Å². The molecule has 26 heavy (non-hydrogen) atoms. The Morgan fingerprint density at radius 2 is 1.96 bits per heavy atom. The lowest BCUT2D eigenvalue weighted by Crippen LogP contribution is -2.53. The van der Waals surface area contributed by atoms with Crippen molar-refractivity contribution >= 4 is 24.2 Å². The summed E-state index contributed by atoms with van der Waals surface area (Å²) in [5.74, 6) is 0.348. The Morgan fingerprint density at radius 1 is 1.23 bits per heavy atom. The quantitative estimate of drug-likeness (QED) is 0.621. The molecule has 3 N–H and O–H groups in total. The highest BCUT2D eigenvalue weighted by molar-refractivity contribution is 5.85. The summed E-state index contributed by atoms with van der Waals surface area (Å²) in [6, 6.07) is 7.35. The molecule has 0 radical (unpaired) electrons. The number of methoxy groups -OCH3 is 1. The van der Waals surface area contributed by atoms with E-state index in [4.69, 9.17) is 9.47 Å². The lowest BCUT2D eigenvalue weighted by molar-refractivity contribution is -0.146. The van der Waals surface area contributed by atoms with Crippen molar-refractivity contribution in [1.82, 2.24) is 16.0 Å². The number of piperidine rings is 1. The van der Waals surface area contributed by atoms with Gasteiger partial charge in [-0.3, -0.25) is 9.59 Å². The fourth-order valence-corrected chi connectivity index (χ4v) is 2.84. The predicted molar refractivity (Wildman–Crippen MR) is 102 cm³/mol. The summed E-state index contributed by atoms with van der Waals surface area (Å²) in [6.07, 6.45) is 1.32. The van der Waals surface area contributed by atoms with E-state index in [2.05, 4.69) is 16.0 Å². The third kappa shape index (κ3) is 6.16. The first-order chi connectivity index (χ1) is 12.1. The van der Waals surface area contributed by atoms with Crippen LogP contribution in [0.15, 0.2) is 24.3 Å². The monoisotopic (exact) mass is 385 g/mol. The third-order valence-corrected chi connectivity index (χ3v) is 4.31. The van der Waals surface area contributed by atoms with Crippen LogP contribution in [0.25, 0.3) is 0 Å². The topological polar surface area (TPSA) is 88.7 Å². The fraction of sp³-hybridized carbons (Fsp3) is 0.556. The van der Waals surface area contributed by atoms with Crippen LogP contribution < -0.4 is 20.7 Å². The van der Waals surface area contributed by atoms with Gasteiger partial charge in [0.15, 0.2) is 6.61 Å². The Kier molecular flexibility index (Phi) is 9.40. The Hall–Kier alpha value is -1.83. The van der Waals surface area contributed by atoms with E-state index in [-0.39, 0.29) is 30.8 Å².